The Morgan fingerprint density at radius 3 is 2.75 bits per heavy atom. The molecule has 0 fully saturated rings. The van der Waals surface area contributed by atoms with Gasteiger partial charge in [0.1, 0.15) is 16.2 Å². The molecule has 120 valence electrons. The molecule has 4 rings (SSSR count). The summed E-state index contributed by atoms with van der Waals surface area (Å²) in [6.45, 7) is 2.14. The zero-order valence-corrected chi connectivity index (χ0v) is 14.7. The lowest BCUT2D eigenvalue weighted by molar-refractivity contribution is 0.439. The maximum Gasteiger partial charge on any atom is 0.205 e. The fraction of sp³-hybridized carbons (Fsp3) is 0.158. The van der Waals surface area contributed by atoms with Gasteiger partial charge in [-0.15, -0.1) is 0 Å². The number of nitrogens with zero attached hydrogens (tertiary/aromatic N) is 1. The van der Waals surface area contributed by atoms with Crippen LogP contribution in [0.4, 0.5) is 0 Å². The maximum atomic E-state index is 6.07. The summed E-state index contributed by atoms with van der Waals surface area (Å²) in [5.74, 6) is 2.19. The van der Waals surface area contributed by atoms with Crippen molar-refractivity contribution in [1.29, 1.82) is 0 Å². The predicted octanol–water partition coefficient (Wildman–Crippen LogP) is 5.72. The van der Waals surface area contributed by atoms with E-state index in [2.05, 4.69) is 41.2 Å². The van der Waals surface area contributed by atoms with Crippen LogP contribution in [0.2, 0.25) is 5.02 Å². The maximum absolute atomic E-state index is 6.07. The summed E-state index contributed by atoms with van der Waals surface area (Å²) in [5.41, 5.74) is 4.20. The van der Waals surface area contributed by atoms with Crippen LogP contribution in [-0.2, 0) is 12.8 Å². The quantitative estimate of drug-likeness (QED) is 0.468. The smallest absolute Gasteiger partial charge is 0.205 e. The van der Waals surface area contributed by atoms with E-state index in [0.29, 0.717) is 22.0 Å². The van der Waals surface area contributed by atoms with Gasteiger partial charge in [-0.1, -0.05) is 55.0 Å². The van der Waals surface area contributed by atoms with E-state index in [4.69, 9.17) is 28.6 Å². The summed E-state index contributed by atoms with van der Waals surface area (Å²) >= 11 is 11.6. The first-order valence-electron chi connectivity index (χ1n) is 7.83. The second kappa shape index (κ2) is 6.04. The minimum atomic E-state index is 0.559. The van der Waals surface area contributed by atoms with Crippen molar-refractivity contribution in [2.24, 2.45) is 0 Å². The second-order valence-corrected chi connectivity index (χ2v) is 6.60. The van der Waals surface area contributed by atoms with Crippen LogP contribution in [0, 0.1) is 4.64 Å². The highest BCUT2D eigenvalue weighted by Crippen LogP contribution is 2.37. The Morgan fingerprint density at radius 2 is 2.00 bits per heavy atom. The number of ether oxygens (including phenoxy) is 1. The minimum Gasteiger partial charge on any atom is -0.440 e. The molecule has 0 unspecified atom stereocenters. The number of aromatic amines is 1. The largest absolute Gasteiger partial charge is 0.440 e. The third-order valence-corrected chi connectivity index (χ3v) is 4.79. The minimum absolute atomic E-state index is 0.559. The normalized spacial score (nSPS) is 12.2. The van der Waals surface area contributed by atoms with Gasteiger partial charge in [0.15, 0.2) is 0 Å². The highest BCUT2D eigenvalue weighted by atomic mass is 35.5. The highest BCUT2D eigenvalue weighted by Gasteiger charge is 2.20. The van der Waals surface area contributed by atoms with E-state index in [0.717, 1.165) is 34.7 Å². The number of aryl methyl sites for hydroxylation is 1. The molecule has 0 radical (unpaired) electrons. The summed E-state index contributed by atoms with van der Waals surface area (Å²) in [6, 6.07) is 13.9. The molecular weight excluding hydrogens is 340 g/mol. The van der Waals surface area contributed by atoms with Crippen molar-refractivity contribution in [2.75, 3.05) is 0 Å². The van der Waals surface area contributed by atoms with Gasteiger partial charge in [-0.05, 0) is 30.2 Å². The summed E-state index contributed by atoms with van der Waals surface area (Å²) in [6.07, 6.45) is 1.68. The van der Waals surface area contributed by atoms with Crippen molar-refractivity contribution in [3.8, 4) is 23.0 Å². The molecule has 0 saturated heterocycles. The summed E-state index contributed by atoms with van der Waals surface area (Å²) < 4.78 is 6.56. The average Bonchev–Trinajstić information content (AvgIpc) is 2.60. The lowest BCUT2D eigenvalue weighted by Crippen LogP contribution is -2.07. The monoisotopic (exact) mass is 354 g/mol. The molecule has 1 aliphatic rings. The highest BCUT2D eigenvalue weighted by molar-refractivity contribution is 7.71. The van der Waals surface area contributed by atoms with Crippen LogP contribution in [0.1, 0.15) is 23.6 Å². The van der Waals surface area contributed by atoms with Crippen molar-refractivity contribution in [3.05, 3.63) is 68.8 Å². The van der Waals surface area contributed by atoms with Crippen LogP contribution in [-0.4, -0.2) is 9.97 Å². The fourth-order valence-electron chi connectivity index (χ4n) is 2.84. The Bertz CT molecular complexity index is 980. The van der Waals surface area contributed by atoms with Crippen LogP contribution < -0.4 is 4.74 Å². The van der Waals surface area contributed by atoms with Gasteiger partial charge in [-0.2, -0.15) is 0 Å². The van der Waals surface area contributed by atoms with E-state index in [-0.39, 0.29) is 0 Å². The standard InChI is InChI=1S/C19H15ClN2OS/c1-2-11-3-5-12(6-4-11)17-21-18-15(19(24)22-17)10-13-9-14(20)7-8-16(13)23-18/h3-9H,2,10H2,1H3,(H,21,22,24). The molecule has 5 heteroatoms. The van der Waals surface area contributed by atoms with Crippen LogP contribution >= 0.6 is 23.8 Å². The van der Waals surface area contributed by atoms with Gasteiger partial charge in [-0.25, -0.2) is 4.98 Å². The average molecular weight is 355 g/mol. The first-order chi connectivity index (χ1) is 11.6. The van der Waals surface area contributed by atoms with E-state index in [1.54, 1.807) is 0 Å². The van der Waals surface area contributed by atoms with E-state index in [1.807, 2.05) is 18.2 Å². The Hall–Kier alpha value is -2.17. The molecule has 1 N–H and O–H groups in total. The van der Waals surface area contributed by atoms with Crippen molar-refractivity contribution in [1.82, 2.24) is 9.97 Å². The number of hydrogen-bond acceptors (Lipinski definition) is 3. The van der Waals surface area contributed by atoms with Crippen LogP contribution in [0.25, 0.3) is 11.4 Å². The van der Waals surface area contributed by atoms with Gasteiger partial charge >= 0.3 is 0 Å². The molecule has 0 atom stereocenters. The topological polar surface area (TPSA) is 37.9 Å². The van der Waals surface area contributed by atoms with Crippen LogP contribution in [0.3, 0.4) is 0 Å². The van der Waals surface area contributed by atoms with Gasteiger partial charge in [0.25, 0.3) is 0 Å². The molecule has 1 aromatic heterocycles. The third kappa shape index (κ3) is 2.72. The molecule has 2 heterocycles. The lowest BCUT2D eigenvalue weighted by atomic mass is 10.0. The van der Waals surface area contributed by atoms with E-state index in [9.17, 15) is 0 Å². The Balaban J connectivity index is 1.77. The number of H-pyrrole nitrogens is 1. The van der Waals surface area contributed by atoms with Crippen LogP contribution in [0.15, 0.2) is 42.5 Å². The van der Waals surface area contributed by atoms with E-state index in [1.165, 1.54) is 5.56 Å². The molecule has 24 heavy (non-hydrogen) atoms. The molecular formula is C19H15ClN2OS. The van der Waals surface area contributed by atoms with Gasteiger partial charge in [-0.3, -0.25) is 0 Å². The molecule has 3 aromatic rings. The number of halogens is 1. The molecule has 0 spiro atoms. The molecule has 0 saturated carbocycles. The second-order valence-electron chi connectivity index (χ2n) is 5.78. The molecule has 1 aliphatic heterocycles. The van der Waals surface area contributed by atoms with Gasteiger partial charge in [0.2, 0.25) is 5.88 Å². The molecule has 0 aliphatic carbocycles. The van der Waals surface area contributed by atoms with Gasteiger partial charge in [0.05, 0.1) is 5.56 Å². The molecule has 3 nitrogen and oxygen atoms in total. The SMILES string of the molecule is CCc1ccc(-c2nc(=S)c3c([nH]2)Oc2ccc(Cl)cc2C3)cc1. The van der Waals surface area contributed by atoms with Crippen molar-refractivity contribution in [3.63, 3.8) is 0 Å². The summed E-state index contributed by atoms with van der Waals surface area (Å²) in [4.78, 5) is 7.84. The zero-order valence-electron chi connectivity index (χ0n) is 13.1. The third-order valence-electron chi connectivity index (χ3n) is 4.21. The lowest BCUT2D eigenvalue weighted by Gasteiger charge is -2.20. The van der Waals surface area contributed by atoms with Crippen molar-refractivity contribution < 1.29 is 4.74 Å². The Labute approximate surface area is 150 Å². The first-order valence-corrected chi connectivity index (χ1v) is 8.61. The van der Waals surface area contributed by atoms with Crippen molar-refractivity contribution >= 4 is 23.8 Å². The molecule has 0 bridgehead atoms. The number of hydrogen-bond donors (Lipinski definition) is 1. The summed E-state index contributed by atoms with van der Waals surface area (Å²) in [7, 11) is 0. The first kappa shape index (κ1) is 15.4. The number of benzene rings is 2. The number of fused-ring (bicyclic) bond motifs is 2. The van der Waals surface area contributed by atoms with Gasteiger partial charge in [0, 0.05) is 22.6 Å². The Kier molecular flexibility index (Phi) is 3.87. The number of aromatic nitrogens is 2. The zero-order chi connectivity index (χ0) is 16.7. The van der Waals surface area contributed by atoms with Gasteiger partial charge < -0.3 is 9.72 Å². The van der Waals surface area contributed by atoms with Crippen LogP contribution in [0.5, 0.6) is 11.6 Å². The number of rotatable bonds is 2. The Morgan fingerprint density at radius 1 is 1.21 bits per heavy atom. The molecule has 0 amide bonds. The molecule has 2 aromatic carbocycles. The van der Waals surface area contributed by atoms with Crippen molar-refractivity contribution in [2.45, 2.75) is 19.8 Å². The fourth-order valence-corrected chi connectivity index (χ4v) is 3.29. The number of nitrogens with one attached hydrogen (secondary N) is 1. The predicted molar refractivity (Wildman–Crippen MR) is 98.6 cm³/mol. The van der Waals surface area contributed by atoms with E-state index >= 15 is 0 Å². The summed E-state index contributed by atoms with van der Waals surface area (Å²) in [5, 5.41) is 0.691. The van der Waals surface area contributed by atoms with E-state index < -0.39 is 0 Å².